The van der Waals surface area contributed by atoms with Gasteiger partial charge in [-0.2, -0.15) is 0 Å². The van der Waals surface area contributed by atoms with E-state index < -0.39 is 9.05 Å². The van der Waals surface area contributed by atoms with E-state index in [2.05, 4.69) is 0 Å². The lowest BCUT2D eigenvalue weighted by Gasteiger charge is -2.01. The monoisotopic (exact) mass is 260 g/mol. The zero-order valence-corrected chi connectivity index (χ0v) is 10.5. The summed E-state index contributed by atoms with van der Waals surface area (Å²) in [5.74, 6) is -0.0194. The molecule has 0 radical (unpaired) electrons. The maximum absolute atomic E-state index is 10.8. The van der Waals surface area contributed by atoms with Gasteiger partial charge in [-0.1, -0.05) is 24.3 Å². The lowest BCUT2D eigenvalue weighted by molar-refractivity contribution is -0.116. The number of Topliss-reactive ketones (excluding diaryl/α,β-unsaturated/α-hetero) is 1. The third-order valence-electron chi connectivity index (χ3n) is 2.13. The molecule has 88 valence electrons. The van der Waals surface area contributed by atoms with Crippen LogP contribution in [0, 0.1) is 0 Å². The van der Waals surface area contributed by atoms with Gasteiger partial charge in [0.05, 0.1) is 5.75 Å². The molecular weight excluding hydrogens is 248 g/mol. The number of carbonyl (C=O) groups is 1. The van der Waals surface area contributed by atoms with Gasteiger partial charge in [0.15, 0.2) is 0 Å². The summed E-state index contributed by atoms with van der Waals surface area (Å²) in [6.07, 6.45) is 1.19. The van der Waals surface area contributed by atoms with Crippen LogP contribution in [0.5, 0.6) is 0 Å². The number of hydrogen-bond donors (Lipinski definition) is 0. The van der Waals surface area contributed by atoms with E-state index in [9.17, 15) is 13.2 Å². The first kappa shape index (κ1) is 13.2. The van der Waals surface area contributed by atoms with Crippen LogP contribution in [0.3, 0.4) is 0 Å². The molecule has 16 heavy (non-hydrogen) atoms. The summed E-state index contributed by atoms with van der Waals surface area (Å²) in [5, 5.41) is 0. The quantitative estimate of drug-likeness (QED) is 0.763. The minimum atomic E-state index is -3.50. The second-order valence-corrected chi connectivity index (χ2v) is 6.48. The van der Waals surface area contributed by atoms with Crippen LogP contribution in [0.4, 0.5) is 0 Å². The molecule has 0 aliphatic heterocycles. The molecule has 0 saturated heterocycles. The smallest absolute Gasteiger partial charge is 0.236 e. The Morgan fingerprint density at radius 2 is 1.69 bits per heavy atom. The number of hydrogen-bond acceptors (Lipinski definition) is 3. The highest BCUT2D eigenvalue weighted by Gasteiger charge is 2.06. The maximum Gasteiger partial charge on any atom is 0.236 e. The Hall–Kier alpha value is -0.870. The lowest BCUT2D eigenvalue weighted by atomic mass is 10.1. The number of aryl methyl sites for hydroxylation is 1. The van der Waals surface area contributed by atoms with Crippen LogP contribution in [-0.4, -0.2) is 14.2 Å². The molecule has 3 nitrogen and oxygen atoms in total. The SMILES string of the molecule is CC(=O)CCc1ccc(CS(=O)(=O)Cl)cc1. The highest BCUT2D eigenvalue weighted by molar-refractivity contribution is 8.13. The van der Waals surface area contributed by atoms with Crippen LogP contribution in [0.1, 0.15) is 24.5 Å². The van der Waals surface area contributed by atoms with E-state index in [0.29, 0.717) is 18.4 Å². The van der Waals surface area contributed by atoms with Crippen LogP contribution >= 0.6 is 10.7 Å². The second kappa shape index (κ2) is 5.46. The van der Waals surface area contributed by atoms with Gasteiger partial charge in [0.25, 0.3) is 0 Å². The van der Waals surface area contributed by atoms with E-state index in [1.54, 1.807) is 19.1 Å². The molecule has 0 aromatic heterocycles. The molecule has 0 heterocycles. The normalized spacial score (nSPS) is 11.4. The molecular formula is C11H13ClO3S. The molecule has 0 bridgehead atoms. The predicted octanol–water partition coefficient (Wildman–Crippen LogP) is 2.28. The maximum atomic E-state index is 10.8. The molecule has 0 aliphatic rings. The summed E-state index contributed by atoms with van der Waals surface area (Å²) < 4.78 is 21.6. The Balaban J connectivity index is 2.64. The van der Waals surface area contributed by atoms with Gasteiger partial charge in [0.1, 0.15) is 5.78 Å². The fraction of sp³-hybridized carbons (Fsp3) is 0.364. The van der Waals surface area contributed by atoms with Crippen LogP contribution in [-0.2, 0) is 26.0 Å². The number of halogens is 1. The van der Waals surface area contributed by atoms with E-state index in [-0.39, 0.29) is 11.5 Å². The molecule has 0 N–H and O–H groups in total. The van der Waals surface area contributed by atoms with Gasteiger partial charge < -0.3 is 4.79 Å². The summed E-state index contributed by atoms with van der Waals surface area (Å²) in [4.78, 5) is 10.8. The van der Waals surface area contributed by atoms with Crippen molar-refractivity contribution in [2.24, 2.45) is 0 Å². The summed E-state index contributed by atoms with van der Waals surface area (Å²) >= 11 is 0. The van der Waals surface area contributed by atoms with Gasteiger partial charge in [-0.3, -0.25) is 0 Å². The Kier molecular flexibility index (Phi) is 4.50. The van der Waals surface area contributed by atoms with Gasteiger partial charge >= 0.3 is 0 Å². The first-order valence-corrected chi connectivity index (χ1v) is 7.34. The molecule has 0 aliphatic carbocycles. The Morgan fingerprint density at radius 3 is 2.12 bits per heavy atom. The van der Waals surface area contributed by atoms with Crippen molar-refractivity contribution in [3.05, 3.63) is 35.4 Å². The van der Waals surface area contributed by atoms with Gasteiger partial charge in [0.2, 0.25) is 9.05 Å². The van der Waals surface area contributed by atoms with Crippen molar-refractivity contribution in [3.63, 3.8) is 0 Å². The molecule has 0 amide bonds. The molecule has 1 aromatic carbocycles. The summed E-state index contributed by atoms with van der Waals surface area (Å²) in [6, 6.07) is 7.07. The molecule has 5 heteroatoms. The zero-order valence-electron chi connectivity index (χ0n) is 8.94. The Morgan fingerprint density at radius 1 is 1.19 bits per heavy atom. The molecule has 0 unspecified atom stereocenters. The Labute approximate surface area is 99.9 Å². The molecule has 0 fully saturated rings. The van der Waals surface area contributed by atoms with Crippen molar-refractivity contribution in [3.8, 4) is 0 Å². The third kappa shape index (κ3) is 5.28. The zero-order chi connectivity index (χ0) is 12.2. The molecule has 1 aromatic rings. The highest BCUT2D eigenvalue weighted by atomic mass is 35.7. The molecule has 0 atom stereocenters. The van der Waals surface area contributed by atoms with Crippen LogP contribution < -0.4 is 0 Å². The van der Waals surface area contributed by atoms with E-state index in [1.807, 2.05) is 12.1 Å². The largest absolute Gasteiger partial charge is 0.300 e. The van der Waals surface area contributed by atoms with Gasteiger partial charge in [-0.05, 0) is 24.5 Å². The number of benzene rings is 1. The van der Waals surface area contributed by atoms with Crippen molar-refractivity contribution < 1.29 is 13.2 Å². The topological polar surface area (TPSA) is 51.2 Å². The molecule has 1 rings (SSSR count). The number of ketones is 1. The van der Waals surface area contributed by atoms with E-state index >= 15 is 0 Å². The van der Waals surface area contributed by atoms with Crippen molar-refractivity contribution in [2.45, 2.75) is 25.5 Å². The van der Waals surface area contributed by atoms with Gasteiger partial charge in [-0.15, -0.1) is 0 Å². The van der Waals surface area contributed by atoms with Crippen molar-refractivity contribution in [2.75, 3.05) is 0 Å². The van der Waals surface area contributed by atoms with Gasteiger partial charge in [0, 0.05) is 17.1 Å². The fourth-order valence-electron chi connectivity index (χ4n) is 1.32. The summed E-state index contributed by atoms with van der Waals surface area (Å²) in [5.41, 5.74) is 1.67. The average molecular weight is 261 g/mol. The highest BCUT2D eigenvalue weighted by Crippen LogP contribution is 2.12. The van der Waals surface area contributed by atoms with Crippen molar-refractivity contribution in [1.29, 1.82) is 0 Å². The number of carbonyl (C=O) groups excluding carboxylic acids is 1. The van der Waals surface area contributed by atoms with Crippen LogP contribution in [0.2, 0.25) is 0 Å². The second-order valence-electron chi connectivity index (χ2n) is 3.70. The summed E-state index contributed by atoms with van der Waals surface area (Å²) in [6.45, 7) is 1.55. The summed E-state index contributed by atoms with van der Waals surface area (Å²) in [7, 11) is 1.64. The van der Waals surface area contributed by atoms with E-state index in [0.717, 1.165) is 5.56 Å². The minimum Gasteiger partial charge on any atom is -0.300 e. The van der Waals surface area contributed by atoms with Crippen molar-refractivity contribution in [1.82, 2.24) is 0 Å². The number of rotatable bonds is 5. The standard InChI is InChI=1S/C11H13ClO3S/c1-9(13)2-3-10-4-6-11(7-5-10)8-16(12,14)15/h4-7H,2-3,8H2,1H3. The van der Waals surface area contributed by atoms with Crippen LogP contribution in [0.15, 0.2) is 24.3 Å². The van der Waals surface area contributed by atoms with Gasteiger partial charge in [-0.25, -0.2) is 8.42 Å². The average Bonchev–Trinajstić information content (AvgIpc) is 2.14. The van der Waals surface area contributed by atoms with Crippen LogP contribution in [0.25, 0.3) is 0 Å². The first-order chi connectivity index (χ1) is 7.37. The Bertz CT molecular complexity index is 463. The molecule has 0 spiro atoms. The lowest BCUT2D eigenvalue weighted by Crippen LogP contribution is -1.97. The third-order valence-corrected chi connectivity index (χ3v) is 3.13. The van der Waals surface area contributed by atoms with E-state index in [1.165, 1.54) is 0 Å². The fourth-order valence-corrected chi connectivity index (χ4v) is 2.29. The molecule has 0 saturated carbocycles. The minimum absolute atomic E-state index is 0.146. The van der Waals surface area contributed by atoms with E-state index in [4.69, 9.17) is 10.7 Å². The predicted molar refractivity (Wildman–Crippen MR) is 63.9 cm³/mol. The van der Waals surface area contributed by atoms with Crippen molar-refractivity contribution >= 4 is 25.5 Å². The first-order valence-electron chi connectivity index (χ1n) is 4.86.